The van der Waals surface area contributed by atoms with Crippen LogP contribution in [0.2, 0.25) is 0 Å². The highest BCUT2D eigenvalue weighted by Crippen LogP contribution is 2.30. The number of Topliss-reactive ketones (excluding diaryl/α,β-unsaturated/α-hetero) is 1. The van der Waals surface area contributed by atoms with Crippen molar-refractivity contribution in [3.05, 3.63) is 63.9 Å². The van der Waals surface area contributed by atoms with Crippen molar-refractivity contribution in [2.45, 2.75) is 33.2 Å². The molecule has 8 nitrogen and oxygen atoms in total. The third-order valence-corrected chi connectivity index (χ3v) is 6.62. The van der Waals surface area contributed by atoms with Gasteiger partial charge in [-0.2, -0.15) is 0 Å². The Kier molecular flexibility index (Phi) is 6.64. The average molecular weight is 470 g/mol. The van der Waals surface area contributed by atoms with Crippen LogP contribution >= 0.6 is 11.3 Å². The van der Waals surface area contributed by atoms with Gasteiger partial charge in [-0.25, -0.2) is 14.2 Å². The second kappa shape index (κ2) is 9.62. The summed E-state index contributed by atoms with van der Waals surface area (Å²) in [4.78, 5) is 42.4. The number of thiazole rings is 1. The molecule has 3 heterocycles. The van der Waals surface area contributed by atoms with Crippen LogP contribution in [-0.4, -0.2) is 51.9 Å². The van der Waals surface area contributed by atoms with Crippen molar-refractivity contribution < 1.29 is 18.7 Å². The molecule has 3 aromatic rings. The van der Waals surface area contributed by atoms with E-state index >= 15 is 0 Å². The number of carbonyl (C=O) groups is 2. The Labute approximate surface area is 195 Å². The number of aryl methyl sites for hydroxylation is 3. The molecule has 1 aliphatic rings. The highest BCUT2D eigenvalue weighted by molar-refractivity contribution is 7.17. The van der Waals surface area contributed by atoms with E-state index in [1.807, 2.05) is 6.92 Å². The maximum atomic E-state index is 14.0. The van der Waals surface area contributed by atoms with Gasteiger partial charge in [0.2, 0.25) is 0 Å². The van der Waals surface area contributed by atoms with Crippen LogP contribution in [0, 0.1) is 19.7 Å². The first-order valence-corrected chi connectivity index (χ1v) is 11.3. The van der Waals surface area contributed by atoms with Gasteiger partial charge >= 0.3 is 6.03 Å². The van der Waals surface area contributed by atoms with Crippen LogP contribution in [0.3, 0.4) is 0 Å². The highest BCUT2D eigenvalue weighted by atomic mass is 32.1. The fraction of sp³-hybridized carbons (Fsp3) is 0.348. The quantitative estimate of drug-likeness (QED) is 0.464. The van der Waals surface area contributed by atoms with Gasteiger partial charge in [-0.1, -0.05) is 17.4 Å². The molecule has 0 N–H and O–H groups in total. The first kappa shape index (κ1) is 22.8. The van der Waals surface area contributed by atoms with Gasteiger partial charge in [0.1, 0.15) is 0 Å². The van der Waals surface area contributed by atoms with Crippen molar-refractivity contribution in [2.75, 3.05) is 25.1 Å². The number of amides is 2. The minimum absolute atomic E-state index is 0.0316. The average Bonchev–Trinajstić information content (AvgIpc) is 3.35. The smallest absolute Gasteiger partial charge is 0.326 e. The molecule has 1 saturated heterocycles. The number of carbonyl (C=O) groups excluding carboxylic acids is 2. The van der Waals surface area contributed by atoms with Crippen molar-refractivity contribution >= 4 is 28.3 Å². The first-order valence-electron chi connectivity index (χ1n) is 10.5. The molecule has 0 bridgehead atoms. The standard InChI is InChI=1S/C23H24FN5O3S/c1-14-11-26-17(12-25-14)5-6-19(30)21-15(2)27-22(33-21)29-9-8-28(23(29)31)13-16-4-7-20(32-3)18(24)10-16/h4,7,10-12H,5-6,8-9,13H2,1-3H3. The largest absolute Gasteiger partial charge is 0.494 e. The molecule has 2 aromatic heterocycles. The Hall–Kier alpha value is -3.40. The third kappa shape index (κ3) is 5.00. The van der Waals surface area contributed by atoms with Crippen LogP contribution in [-0.2, 0) is 13.0 Å². The predicted octanol–water partition coefficient (Wildman–Crippen LogP) is 3.96. The van der Waals surface area contributed by atoms with Crippen molar-refractivity contribution in [3.8, 4) is 5.75 Å². The van der Waals surface area contributed by atoms with Crippen molar-refractivity contribution in [2.24, 2.45) is 0 Å². The summed E-state index contributed by atoms with van der Waals surface area (Å²) in [6, 6.07) is 4.44. The number of urea groups is 1. The number of halogens is 1. The normalized spacial score (nSPS) is 13.6. The molecule has 1 aliphatic heterocycles. The van der Waals surface area contributed by atoms with E-state index in [9.17, 15) is 14.0 Å². The zero-order chi connectivity index (χ0) is 23.5. The topological polar surface area (TPSA) is 88.5 Å². The van der Waals surface area contributed by atoms with E-state index in [4.69, 9.17) is 4.74 Å². The lowest BCUT2D eigenvalue weighted by Gasteiger charge is -2.17. The molecule has 10 heteroatoms. The molecule has 1 aromatic carbocycles. The van der Waals surface area contributed by atoms with E-state index in [1.165, 1.54) is 24.5 Å². The lowest BCUT2D eigenvalue weighted by atomic mass is 10.1. The molecule has 0 spiro atoms. The summed E-state index contributed by atoms with van der Waals surface area (Å²) in [5.74, 6) is -0.331. The van der Waals surface area contributed by atoms with E-state index in [1.54, 1.807) is 41.2 Å². The Balaban J connectivity index is 1.40. The Morgan fingerprint density at radius 3 is 2.73 bits per heavy atom. The number of hydrogen-bond donors (Lipinski definition) is 0. The number of nitrogens with zero attached hydrogens (tertiary/aromatic N) is 5. The summed E-state index contributed by atoms with van der Waals surface area (Å²) in [5.41, 5.74) is 2.87. The zero-order valence-electron chi connectivity index (χ0n) is 18.7. The Morgan fingerprint density at radius 1 is 1.21 bits per heavy atom. The molecule has 0 aliphatic carbocycles. The second-order valence-corrected chi connectivity index (χ2v) is 8.79. The van der Waals surface area contributed by atoms with Gasteiger partial charge in [0.15, 0.2) is 22.5 Å². The summed E-state index contributed by atoms with van der Waals surface area (Å²) in [5, 5.41) is 0.499. The fourth-order valence-corrected chi connectivity index (χ4v) is 4.65. The van der Waals surface area contributed by atoms with Crippen LogP contribution < -0.4 is 9.64 Å². The SMILES string of the molecule is COc1ccc(CN2CCN(c3nc(C)c(C(=O)CCc4cnc(C)cn4)s3)C2=O)cc1F. The van der Waals surface area contributed by atoms with E-state index in [0.717, 1.165) is 11.4 Å². The van der Waals surface area contributed by atoms with Gasteiger partial charge < -0.3 is 9.64 Å². The Bertz CT molecular complexity index is 1180. The summed E-state index contributed by atoms with van der Waals surface area (Å²) in [6.45, 7) is 4.86. The van der Waals surface area contributed by atoms with E-state index in [2.05, 4.69) is 15.0 Å². The maximum Gasteiger partial charge on any atom is 0.326 e. The van der Waals surface area contributed by atoms with Crippen molar-refractivity contribution in [1.29, 1.82) is 0 Å². The maximum absolute atomic E-state index is 14.0. The molecule has 2 amide bonds. The molecule has 4 rings (SSSR count). The second-order valence-electron chi connectivity index (χ2n) is 7.81. The van der Waals surface area contributed by atoms with Crippen LogP contribution in [0.4, 0.5) is 14.3 Å². The van der Waals surface area contributed by atoms with Crippen LogP contribution in [0.1, 0.15) is 38.7 Å². The van der Waals surface area contributed by atoms with E-state index in [-0.39, 0.29) is 24.1 Å². The van der Waals surface area contributed by atoms with Gasteiger partial charge in [0, 0.05) is 38.4 Å². The van der Waals surface area contributed by atoms with Crippen molar-refractivity contribution in [1.82, 2.24) is 19.9 Å². The molecule has 172 valence electrons. The predicted molar refractivity (Wildman–Crippen MR) is 122 cm³/mol. The number of hydrogen-bond acceptors (Lipinski definition) is 7. The van der Waals surface area contributed by atoms with Crippen LogP contribution in [0.15, 0.2) is 30.6 Å². The van der Waals surface area contributed by atoms with Crippen LogP contribution in [0.25, 0.3) is 0 Å². The number of ether oxygens (including phenoxy) is 1. The number of anilines is 1. The van der Waals surface area contributed by atoms with Gasteiger partial charge in [0.25, 0.3) is 0 Å². The summed E-state index contributed by atoms with van der Waals surface area (Å²) >= 11 is 1.23. The highest BCUT2D eigenvalue weighted by Gasteiger charge is 2.32. The lowest BCUT2D eigenvalue weighted by Crippen LogP contribution is -2.31. The van der Waals surface area contributed by atoms with Gasteiger partial charge in [-0.15, -0.1) is 0 Å². The van der Waals surface area contributed by atoms with Gasteiger partial charge in [-0.3, -0.25) is 19.7 Å². The minimum Gasteiger partial charge on any atom is -0.494 e. The van der Waals surface area contributed by atoms with Crippen molar-refractivity contribution in [3.63, 3.8) is 0 Å². The minimum atomic E-state index is -0.464. The summed E-state index contributed by atoms with van der Waals surface area (Å²) in [6.07, 6.45) is 4.15. The van der Waals surface area contributed by atoms with Crippen LogP contribution in [0.5, 0.6) is 5.75 Å². The lowest BCUT2D eigenvalue weighted by molar-refractivity contribution is 0.0985. The number of aromatic nitrogens is 3. The number of rotatable bonds is 8. The molecule has 0 atom stereocenters. The molecule has 33 heavy (non-hydrogen) atoms. The Morgan fingerprint density at radius 2 is 2.03 bits per heavy atom. The number of ketones is 1. The molecular formula is C23H24FN5O3S. The van der Waals surface area contributed by atoms with Gasteiger partial charge in [-0.05, 0) is 38.0 Å². The molecule has 0 radical (unpaired) electrons. The zero-order valence-corrected chi connectivity index (χ0v) is 19.5. The monoisotopic (exact) mass is 469 g/mol. The first-order chi connectivity index (χ1) is 15.9. The number of methoxy groups -OCH3 is 1. The summed E-state index contributed by atoms with van der Waals surface area (Å²) in [7, 11) is 1.41. The third-order valence-electron chi connectivity index (χ3n) is 5.40. The molecular weight excluding hydrogens is 445 g/mol. The molecule has 0 unspecified atom stereocenters. The molecule has 1 fully saturated rings. The van der Waals surface area contributed by atoms with E-state index < -0.39 is 5.82 Å². The fourth-order valence-electron chi connectivity index (χ4n) is 3.60. The summed E-state index contributed by atoms with van der Waals surface area (Å²) < 4.78 is 18.9. The number of benzene rings is 1. The van der Waals surface area contributed by atoms with Gasteiger partial charge in [0.05, 0.1) is 29.1 Å². The van der Waals surface area contributed by atoms with E-state index in [0.29, 0.717) is 47.2 Å². The molecule has 0 saturated carbocycles.